The van der Waals surface area contributed by atoms with E-state index in [0.717, 1.165) is 16.7 Å². The Morgan fingerprint density at radius 3 is 1.97 bits per heavy atom. The van der Waals surface area contributed by atoms with E-state index in [9.17, 15) is 19.7 Å². The largest absolute Gasteiger partial charge is 0.340 e. The molecule has 4 rings (SSSR count). The Balaban J connectivity index is 1.62. The third kappa shape index (κ3) is 7.61. The molecule has 198 valence electrons. The van der Waals surface area contributed by atoms with Crippen molar-refractivity contribution in [3.8, 4) is 0 Å². The topological polar surface area (TPSA) is 92.6 Å². The van der Waals surface area contributed by atoms with Gasteiger partial charge in [-0.1, -0.05) is 97.1 Å². The summed E-state index contributed by atoms with van der Waals surface area (Å²) in [6.45, 7) is 2.48. The molecule has 0 heterocycles. The van der Waals surface area contributed by atoms with Gasteiger partial charge in [-0.25, -0.2) is 0 Å². The van der Waals surface area contributed by atoms with E-state index in [1.165, 1.54) is 6.07 Å². The van der Waals surface area contributed by atoms with Crippen LogP contribution in [0.5, 0.6) is 0 Å². The molecule has 0 radical (unpaired) electrons. The lowest BCUT2D eigenvalue weighted by Gasteiger charge is -2.28. The molecule has 0 bridgehead atoms. The second-order valence-electron chi connectivity index (χ2n) is 9.46. The number of nitro benzene ring substituents is 1. The first-order chi connectivity index (χ1) is 18.9. The molecule has 0 saturated heterocycles. The minimum atomic E-state index is -0.861. The second-order valence-corrected chi connectivity index (χ2v) is 9.46. The zero-order valence-corrected chi connectivity index (χ0v) is 21.8. The average Bonchev–Trinajstić information content (AvgIpc) is 2.96. The van der Waals surface area contributed by atoms with Crippen molar-refractivity contribution in [2.45, 2.75) is 32.4 Å². The van der Waals surface area contributed by atoms with Crippen molar-refractivity contribution in [3.63, 3.8) is 0 Å². The fraction of sp³-hybridized carbons (Fsp3) is 0.188. The van der Waals surface area contributed by atoms with Crippen LogP contribution < -0.4 is 5.32 Å². The minimum Gasteiger partial charge on any atom is -0.340 e. The highest BCUT2D eigenvalue weighted by atomic mass is 16.6. The number of nitrogens with zero attached hydrogens (tertiary/aromatic N) is 2. The van der Waals surface area contributed by atoms with Crippen LogP contribution in [0.15, 0.2) is 109 Å². The molecular weight excluding hydrogens is 490 g/mol. The summed E-state index contributed by atoms with van der Waals surface area (Å²) in [5.74, 6) is -0.747. The van der Waals surface area contributed by atoms with Gasteiger partial charge in [-0.3, -0.25) is 19.7 Å². The fourth-order valence-corrected chi connectivity index (χ4v) is 4.44. The predicted molar refractivity (Wildman–Crippen MR) is 151 cm³/mol. The molecular formula is C32H31N3O4. The number of aryl methyl sites for hydroxylation is 1. The smallest absolute Gasteiger partial charge is 0.273 e. The van der Waals surface area contributed by atoms with Crippen molar-refractivity contribution in [1.82, 2.24) is 10.2 Å². The van der Waals surface area contributed by atoms with Crippen molar-refractivity contribution in [3.05, 3.63) is 147 Å². The van der Waals surface area contributed by atoms with E-state index in [4.69, 9.17) is 0 Å². The van der Waals surface area contributed by atoms with Crippen LogP contribution in [0, 0.1) is 17.0 Å². The number of rotatable bonds is 11. The van der Waals surface area contributed by atoms with Crippen LogP contribution in [-0.4, -0.2) is 34.2 Å². The summed E-state index contributed by atoms with van der Waals surface area (Å²) in [5.41, 5.74) is 3.45. The molecule has 0 aliphatic heterocycles. The number of carbonyl (C=O) groups is 2. The fourth-order valence-electron chi connectivity index (χ4n) is 4.44. The Morgan fingerprint density at radius 2 is 1.38 bits per heavy atom. The molecule has 7 heteroatoms. The highest BCUT2D eigenvalue weighted by Crippen LogP contribution is 2.20. The van der Waals surface area contributed by atoms with Gasteiger partial charge in [0.2, 0.25) is 5.91 Å². The van der Waals surface area contributed by atoms with Crippen molar-refractivity contribution in [1.29, 1.82) is 0 Å². The number of benzene rings is 4. The molecule has 0 spiro atoms. The molecule has 1 N–H and O–H groups in total. The Hall–Kier alpha value is -4.78. The van der Waals surface area contributed by atoms with E-state index >= 15 is 0 Å². The van der Waals surface area contributed by atoms with Gasteiger partial charge in [-0.15, -0.1) is 0 Å². The number of hydrogen-bond donors (Lipinski definition) is 1. The molecule has 0 aliphatic rings. The molecule has 0 aromatic heterocycles. The van der Waals surface area contributed by atoms with E-state index in [1.54, 1.807) is 24.0 Å². The molecule has 7 nitrogen and oxygen atoms in total. The minimum absolute atomic E-state index is 0.136. The van der Waals surface area contributed by atoms with Gasteiger partial charge in [0.15, 0.2) is 0 Å². The third-order valence-electron chi connectivity index (χ3n) is 6.60. The normalized spacial score (nSPS) is 11.4. The molecule has 1 atom stereocenters. The third-order valence-corrected chi connectivity index (χ3v) is 6.60. The number of nitro groups is 1. The maximum atomic E-state index is 14.1. The van der Waals surface area contributed by atoms with Gasteiger partial charge in [0.05, 0.1) is 4.92 Å². The number of amides is 2. The number of carbonyl (C=O) groups excluding carboxylic acids is 2. The standard InChI is InChI=1S/C32H31N3O4/c1-24-17-18-28(22-30(24)35(38)39)31(36)33-29(21-26-13-7-3-8-14-26)32(37)34(23-27-15-9-4-10-16-27)20-19-25-11-5-2-6-12-25/h2-18,22,29H,19-21,23H2,1H3,(H,33,36). The van der Waals surface area contributed by atoms with Crippen molar-refractivity contribution >= 4 is 17.5 Å². The SMILES string of the molecule is Cc1ccc(C(=O)NC(Cc2ccccc2)C(=O)N(CCc2ccccc2)Cc2ccccc2)cc1[N+](=O)[O-]. The zero-order chi connectivity index (χ0) is 27.6. The van der Waals surface area contributed by atoms with E-state index in [1.807, 2.05) is 91.0 Å². The first kappa shape index (κ1) is 27.3. The van der Waals surface area contributed by atoms with Gasteiger partial charge in [-0.2, -0.15) is 0 Å². The quantitative estimate of drug-likeness (QED) is 0.208. The van der Waals surface area contributed by atoms with Gasteiger partial charge in [0, 0.05) is 36.7 Å². The predicted octanol–water partition coefficient (Wildman–Crippen LogP) is 5.52. The first-order valence-electron chi connectivity index (χ1n) is 12.9. The molecule has 2 amide bonds. The zero-order valence-electron chi connectivity index (χ0n) is 21.8. The lowest BCUT2D eigenvalue weighted by Crippen LogP contribution is -2.50. The van der Waals surface area contributed by atoms with E-state index in [0.29, 0.717) is 25.1 Å². The maximum absolute atomic E-state index is 14.1. The second kappa shape index (κ2) is 13.1. The van der Waals surface area contributed by atoms with Crippen LogP contribution in [0.1, 0.15) is 32.6 Å². The summed E-state index contributed by atoms with van der Waals surface area (Å²) >= 11 is 0. The number of hydrogen-bond acceptors (Lipinski definition) is 4. The van der Waals surface area contributed by atoms with E-state index in [-0.39, 0.29) is 23.6 Å². The Kier molecular flexibility index (Phi) is 9.19. The van der Waals surface area contributed by atoms with Gasteiger partial charge < -0.3 is 10.2 Å². The molecule has 39 heavy (non-hydrogen) atoms. The Bertz CT molecular complexity index is 1410. The molecule has 4 aromatic carbocycles. The van der Waals surface area contributed by atoms with Crippen LogP contribution >= 0.6 is 0 Å². The summed E-state index contributed by atoms with van der Waals surface area (Å²) in [4.78, 5) is 40.1. The average molecular weight is 522 g/mol. The van der Waals surface area contributed by atoms with Gasteiger partial charge in [0.25, 0.3) is 11.6 Å². The molecule has 0 fully saturated rings. The van der Waals surface area contributed by atoms with Crippen molar-refractivity contribution in [2.24, 2.45) is 0 Å². The molecule has 0 aliphatic carbocycles. The highest BCUT2D eigenvalue weighted by molar-refractivity contribution is 5.98. The maximum Gasteiger partial charge on any atom is 0.273 e. The number of nitrogens with one attached hydrogen (secondary N) is 1. The Morgan fingerprint density at radius 1 is 0.821 bits per heavy atom. The summed E-state index contributed by atoms with van der Waals surface area (Å²) in [5, 5.41) is 14.3. The van der Waals surface area contributed by atoms with E-state index < -0.39 is 16.9 Å². The summed E-state index contributed by atoms with van der Waals surface area (Å²) in [6, 6.07) is 32.7. The summed E-state index contributed by atoms with van der Waals surface area (Å²) < 4.78 is 0. The summed E-state index contributed by atoms with van der Waals surface area (Å²) in [7, 11) is 0. The van der Waals surface area contributed by atoms with Crippen LogP contribution in [-0.2, 0) is 24.2 Å². The Labute approximate surface area is 228 Å². The van der Waals surface area contributed by atoms with Crippen LogP contribution in [0.25, 0.3) is 0 Å². The molecule has 1 unspecified atom stereocenters. The first-order valence-corrected chi connectivity index (χ1v) is 12.9. The van der Waals surface area contributed by atoms with Gasteiger partial charge in [-0.05, 0) is 36.1 Å². The monoisotopic (exact) mass is 521 g/mol. The molecule has 0 saturated carbocycles. The van der Waals surface area contributed by atoms with Crippen molar-refractivity contribution in [2.75, 3.05) is 6.54 Å². The van der Waals surface area contributed by atoms with E-state index in [2.05, 4.69) is 5.32 Å². The van der Waals surface area contributed by atoms with Crippen LogP contribution in [0.4, 0.5) is 5.69 Å². The van der Waals surface area contributed by atoms with Crippen molar-refractivity contribution < 1.29 is 14.5 Å². The van der Waals surface area contributed by atoms with Gasteiger partial charge >= 0.3 is 0 Å². The lowest BCUT2D eigenvalue weighted by atomic mass is 10.0. The molecule has 4 aromatic rings. The highest BCUT2D eigenvalue weighted by Gasteiger charge is 2.27. The van der Waals surface area contributed by atoms with Crippen LogP contribution in [0.2, 0.25) is 0 Å². The van der Waals surface area contributed by atoms with Gasteiger partial charge in [0.1, 0.15) is 6.04 Å². The van der Waals surface area contributed by atoms with Crippen LogP contribution in [0.3, 0.4) is 0 Å². The summed E-state index contributed by atoms with van der Waals surface area (Å²) in [6.07, 6.45) is 0.950. The lowest BCUT2D eigenvalue weighted by molar-refractivity contribution is -0.385.